The maximum Gasteiger partial charge on any atom is 0.270 e. The second-order valence-electron chi connectivity index (χ2n) is 5.63. The second-order valence-corrected chi connectivity index (χ2v) is 7.59. The van der Waals surface area contributed by atoms with Crippen molar-refractivity contribution in [3.8, 4) is 0 Å². The number of rotatable bonds is 5. The molecule has 0 spiro atoms. The van der Waals surface area contributed by atoms with E-state index in [0.29, 0.717) is 6.54 Å². The molecule has 0 N–H and O–H groups in total. The third-order valence-corrected chi connectivity index (χ3v) is 5.87. The number of hydrogen-bond donors (Lipinski definition) is 0. The van der Waals surface area contributed by atoms with E-state index in [2.05, 4.69) is 17.1 Å². The molecule has 3 nitrogen and oxygen atoms in total. The molecule has 25 heavy (non-hydrogen) atoms. The van der Waals surface area contributed by atoms with E-state index >= 15 is 0 Å². The molecule has 0 saturated heterocycles. The molecular weight excluding hydrogens is 348 g/mol. The van der Waals surface area contributed by atoms with E-state index in [4.69, 9.17) is 0 Å². The van der Waals surface area contributed by atoms with Crippen molar-refractivity contribution in [1.29, 1.82) is 0 Å². The van der Waals surface area contributed by atoms with Gasteiger partial charge >= 0.3 is 0 Å². The predicted octanol–water partition coefficient (Wildman–Crippen LogP) is 5.25. The van der Waals surface area contributed by atoms with Crippen molar-refractivity contribution < 1.29 is 4.79 Å². The van der Waals surface area contributed by atoms with E-state index in [1.807, 2.05) is 64.9 Å². The molecule has 2 heterocycles. The topological polar surface area (TPSA) is 33.2 Å². The van der Waals surface area contributed by atoms with E-state index in [1.54, 1.807) is 11.3 Å². The zero-order chi connectivity index (χ0) is 17.1. The number of fused-ring (bicyclic) bond motifs is 1. The number of carbonyl (C=O) groups excluding carboxylic acids is 1. The van der Waals surface area contributed by atoms with Gasteiger partial charge in [0.15, 0.2) is 5.13 Å². The molecule has 4 rings (SSSR count). The van der Waals surface area contributed by atoms with Crippen LogP contribution in [0.15, 0.2) is 72.1 Å². The third-order valence-electron chi connectivity index (χ3n) is 3.96. The summed E-state index contributed by atoms with van der Waals surface area (Å²) in [4.78, 5) is 20.2. The number of carbonyl (C=O) groups is 1. The molecule has 0 fully saturated rings. The Morgan fingerprint density at radius 2 is 1.76 bits per heavy atom. The van der Waals surface area contributed by atoms with Crippen LogP contribution in [0.4, 0.5) is 5.13 Å². The van der Waals surface area contributed by atoms with Crippen LogP contribution in [0.5, 0.6) is 0 Å². The monoisotopic (exact) mass is 364 g/mol. The molecule has 0 atom stereocenters. The second kappa shape index (κ2) is 7.17. The summed E-state index contributed by atoms with van der Waals surface area (Å²) in [7, 11) is 0. The number of aromatic nitrogens is 1. The average molecular weight is 364 g/mol. The molecule has 0 aliphatic rings. The Labute approximate surface area is 154 Å². The normalized spacial score (nSPS) is 10.9. The Balaban J connectivity index is 1.66. The molecule has 0 radical (unpaired) electrons. The van der Waals surface area contributed by atoms with Crippen LogP contribution in [0.2, 0.25) is 0 Å². The standard InChI is InChI=1S/C20H16N2OS2/c23-19(18-11-6-14-24-18)22(13-12-15-7-2-1-3-8-15)20-21-16-9-4-5-10-17(16)25-20/h1-11,14H,12-13H2. The maximum absolute atomic E-state index is 13.0. The van der Waals surface area contributed by atoms with Gasteiger partial charge in [0, 0.05) is 6.54 Å². The molecule has 0 aliphatic heterocycles. The van der Waals surface area contributed by atoms with Gasteiger partial charge < -0.3 is 0 Å². The van der Waals surface area contributed by atoms with Gasteiger partial charge in [0.1, 0.15) is 0 Å². The lowest BCUT2D eigenvalue weighted by atomic mass is 10.1. The summed E-state index contributed by atoms with van der Waals surface area (Å²) in [5, 5.41) is 2.69. The summed E-state index contributed by atoms with van der Waals surface area (Å²) in [5.41, 5.74) is 2.15. The Bertz CT molecular complexity index is 944. The molecule has 124 valence electrons. The number of para-hydroxylation sites is 1. The average Bonchev–Trinajstić information content (AvgIpc) is 3.32. The first kappa shape index (κ1) is 16.0. The predicted molar refractivity (Wildman–Crippen MR) is 106 cm³/mol. The van der Waals surface area contributed by atoms with Crippen molar-refractivity contribution in [2.24, 2.45) is 0 Å². The Morgan fingerprint density at radius 1 is 0.960 bits per heavy atom. The minimum absolute atomic E-state index is 0.0185. The van der Waals surface area contributed by atoms with Gasteiger partial charge in [0.25, 0.3) is 5.91 Å². The van der Waals surface area contributed by atoms with Gasteiger partial charge in [-0.25, -0.2) is 4.98 Å². The highest BCUT2D eigenvalue weighted by Crippen LogP contribution is 2.30. The summed E-state index contributed by atoms with van der Waals surface area (Å²) in [6.45, 7) is 0.612. The van der Waals surface area contributed by atoms with Crippen molar-refractivity contribution in [2.45, 2.75) is 6.42 Å². The van der Waals surface area contributed by atoms with Gasteiger partial charge in [-0.15, -0.1) is 11.3 Å². The van der Waals surface area contributed by atoms with Crippen LogP contribution in [0.25, 0.3) is 10.2 Å². The number of amides is 1. The van der Waals surface area contributed by atoms with Gasteiger partial charge in [-0.3, -0.25) is 9.69 Å². The van der Waals surface area contributed by atoms with Gasteiger partial charge in [-0.2, -0.15) is 0 Å². The van der Waals surface area contributed by atoms with E-state index in [-0.39, 0.29) is 5.91 Å². The fourth-order valence-electron chi connectivity index (χ4n) is 2.68. The maximum atomic E-state index is 13.0. The molecule has 2 aromatic carbocycles. The van der Waals surface area contributed by atoms with Crippen molar-refractivity contribution in [3.05, 3.63) is 82.6 Å². The first-order valence-electron chi connectivity index (χ1n) is 8.06. The van der Waals surface area contributed by atoms with Crippen LogP contribution in [-0.2, 0) is 6.42 Å². The SMILES string of the molecule is O=C(c1cccs1)N(CCc1ccccc1)c1nc2ccccc2s1. The molecule has 0 saturated carbocycles. The molecule has 4 aromatic rings. The molecule has 0 unspecified atom stereocenters. The van der Waals surface area contributed by atoms with Gasteiger partial charge in [0.2, 0.25) is 0 Å². The van der Waals surface area contributed by atoms with Gasteiger partial charge in [0.05, 0.1) is 15.1 Å². The van der Waals surface area contributed by atoms with Gasteiger partial charge in [-0.1, -0.05) is 59.9 Å². The first-order chi connectivity index (χ1) is 12.3. The first-order valence-corrected chi connectivity index (χ1v) is 9.76. The molecule has 0 bridgehead atoms. The molecular formula is C20H16N2OS2. The van der Waals surface area contributed by atoms with Crippen LogP contribution in [-0.4, -0.2) is 17.4 Å². The smallest absolute Gasteiger partial charge is 0.270 e. The van der Waals surface area contributed by atoms with Crippen molar-refractivity contribution in [2.75, 3.05) is 11.4 Å². The third kappa shape index (κ3) is 3.48. The quantitative estimate of drug-likeness (QED) is 0.485. The van der Waals surface area contributed by atoms with Crippen molar-refractivity contribution in [1.82, 2.24) is 4.98 Å². The highest BCUT2D eigenvalue weighted by molar-refractivity contribution is 7.22. The fourth-order valence-corrected chi connectivity index (χ4v) is 4.34. The van der Waals surface area contributed by atoms with Crippen LogP contribution in [0, 0.1) is 0 Å². The summed E-state index contributed by atoms with van der Waals surface area (Å²) in [5.74, 6) is 0.0185. The van der Waals surface area contributed by atoms with E-state index in [9.17, 15) is 4.79 Å². The molecule has 1 amide bonds. The van der Waals surface area contributed by atoms with Crippen molar-refractivity contribution in [3.63, 3.8) is 0 Å². The minimum Gasteiger partial charge on any atom is -0.283 e. The fraction of sp³-hybridized carbons (Fsp3) is 0.100. The van der Waals surface area contributed by atoms with Crippen molar-refractivity contribution >= 4 is 43.9 Å². The number of benzene rings is 2. The van der Waals surface area contributed by atoms with E-state index in [0.717, 1.165) is 26.6 Å². The van der Waals surface area contributed by atoms with Crippen LogP contribution in [0.3, 0.4) is 0 Å². The minimum atomic E-state index is 0.0185. The Kier molecular flexibility index (Phi) is 4.59. The zero-order valence-electron chi connectivity index (χ0n) is 13.5. The molecule has 2 aromatic heterocycles. The summed E-state index contributed by atoms with van der Waals surface area (Å²) >= 11 is 3.03. The highest BCUT2D eigenvalue weighted by atomic mass is 32.1. The van der Waals surface area contributed by atoms with Crippen LogP contribution in [0.1, 0.15) is 15.2 Å². The number of hydrogen-bond acceptors (Lipinski definition) is 4. The number of thiophene rings is 1. The summed E-state index contributed by atoms with van der Waals surface area (Å²) in [6.07, 6.45) is 0.799. The number of thiazole rings is 1. The number of anilines is 1. The summed E-state index contributed by atoms with van der Waals surface area (Å²) < 4.78 is 1.10. The van der Waals surface area contributed by atoms with Crippen LogP contribution < -0.4 is 4.90 Å². The van der Waals surface area contributed by atoms with E-state index in [1.165, 1.54) is 16.9 Å². The Morgan fingerprint density at radius 3 is 2.52 bits per heavy atom. The summed E-state index contributed by atoms with van der Waals surface area (Å²) in [6, 6.07) is 22.0. The largest absolute Gasteiger partial charge is 0.283 e. The Hall–Kier alpha value is -2.50. The van der Waals surface area contributed by atoms with E-state index < -0.39 is 0 Å². The lowest BCUT2D eigenvalue weighted by Gasteiger charge is -2.19. The van der Waals surface area contributed by atoms with Gasteiger partial charge in [-0.05, 0) is 35.6 Å². The lowest BCUT2D eigenvalue weighted by molar-refractivity contribution is 0.0991. The lowest BCUT2D eigenvalue weighted by Crippen LogP contribution is -2.32. The number of nitrogens with zero attached hydrogens (tertiary/aromatic N) is 2. The molecule has 0 aliphatic carbocycles. The highest BCUT2D eigenvalue weighted by Gasteiger charge is 2.21. The van der Waals surface area contributed by atoms with Crippen LogP contribution >= 0.6 is 22.7 Å². The molecule has 5 heteroatoms. The zero-order valence-corrected chi connectivity index (χ0v) is 15.1.